The third kappa shape index (κ3) is 5.42. The van der Waals surface area contributed by atoms with Crippen LogP contribution in [0.1, 0.15) is 40.7 Å². The third-order valence-electron chi connectivity index (χ3n) is 6.62. The molecule has 2 aromatic carbocycles. The van der Waals surface area contributed by atoms with Crippen LogP contribution in [0.5, 0.6) is 0 Å². The number of hydrogen-bond donors (Lipinski definition) is 1. The van der Waals surface area contributed by atoms with Crippen molar-refractivity contribution in [3.8, 4) is 11.3 Å². The molecule has 0 spiro atoms. The van der Waals surface area contributed by atoms with Gasteiger partial charge in [0.2, 0.25) is 0 Å². The molecule has 0 atom stereocenters. The third-order valence-corrected chi connectivity index (χ3v) is 7.75. The van der Waals surface area contributed by atoms with Gasteiger partial charge in [0.05, 0.1) is 16.2 Å². The Bertz CT molecular complexity index is 1270. The molecule has 1 saturated heterocycles. The molecule has 0 bridgehead atoms. The van der Waals surface area contributed by atoms with Crippen LogP contribution in [-0.2, 0) is 16.4 Å². The van der Waals surface area contributed by atoms with E-state index in [0.717, 1.165) is 43.0 Å². The highest BCUT2D eigenvalue weighted by molar-refractivity contribution is 7.90. The van der Waals surface area contributed by atoms with Crippen LogP contribution in [0.3, 0.4) is 0 Å². The van der Waals surface area contributed by atoms with Crippen molar-refractivity contribution < 1.29 is 13.2 Å². The van der Waals surface area contributed by atoms with Crippen LogP contribution < -0.4 is 5.32 Å². The highest BCUT2D eigenvalue weighted by Gasteiger charge is 2.21. The number of carbonyl (C=O) groups excluding carboxylic acids is 1. The molecule has 1 amide bonds. The largest absolute Gasteiger partial charge is 0.345 e. The van der Waals surface area contributed by atoms with E-state index >= 15 is 0 Å². The first-order valence-electron chi connectivity index (χ1n) is 11.8. The summed E-state index contributed by atoms with van der Waals surface area (Å²) in [5, 5.41) is 2.93. The molecule has 1 N–H and O–H groups in total. The van der Waals surface area contributed by atoms with Crippen LogP contribution in [0.25, 0.3) is 11.3 Å². The van der Waals surface area contributed by atoms with Crippen molar-refractivity contribution in [1.29, 1.82) is 0 Å². The van der Waals surface area contributed by atoms with Crippen molar-refractivity contribution in [2.45, 2.75) is 44.6 Å². The molecule has 1 aliphatic rings. The average Bonchev–Trinajstić information content (AvgIpc) is 3.14. The summed E-state index contributed by atoms with van der Waals surface area (Å²) in [6.07, 6.45) is 6.94. The number of nitrogens with one attached hydrogen (secondary N) is 1. The Hall–Kier alpha value is -2.90. The fourth-order valence-electron chi connectivity index (χ4n) is 4.68. The van der Waals surface area contributed by atoms with Crippen molar-refractivity contribution in [2.75, 3.05) is 31.2 Å². The standard InChI is InChI=1S/C27H33N3O3S/c1-20-9-5-6-10-24(20)26-21(2)25(19-30(26)18-17-29-15-7-4-8-16-29)27(31)28-22-11-13-23(14-12-22)34(3,32)33/h5-6,9-14,19H,4,7-8,15-18H2,1-3H3,(H,28,31). The van der Waals surface area contributed by atoms with Crippen LogP contribution in [0.2, 0.25) is 0 Å². The van der Waals surface area contributed by atoms with Gasteiger partial charge < -0.3 is 14.8 Å². The number of anilines is 1. The van der Waals surface area contributed by atoms with Gasteiger partial charge in [-0.05, 0) is 75.2 Å². The predicted octanol–water partition coefficient (Wildman–Crippen LogP) is 4.91. The Morgan fingerprint density at radius 2 is 1.62 bits per heavy atom. The van der Waals surface area contributed by atoms with Crippen molar-refractivity contribution in [3.05, 3.63) is 71.4 Å². The van der Waals surface area contributed by atoms with E-state index in [0.29, 0.717) is 11.3 Å². The Balaban J connectivity index is 1.62. The molecule has 0 aliphatic carbocycles. The molecule has 7 heteroatoms. The highest BCUT2D eigenvalue weighted by atomic mass is 32.2. The number of carbonyl (C=O) groups is 1. The second-order valence-electron chi connectivity index (χ2n) is 9.18. The number of aromatic nitrogens is 1. The van der Waals surface area contributed by atoms with Gasteiger partial charge in [-0.1, -0.05) is 30.7 Å². The van der Waals surface area contributed by atoms with Crippen molar-refractivity contribution in [1.82, 2.24) is 9.47 Å². The van der Waals surface area contributed by atoms with Crippen molar-refractivity contribution in [3.63, 3.8) is 0 Å². The topological polar surface area (TPSA) is 71.4 Å². The maximum atomic E-state index is 13.3. The lowest BCUT2D eigenvalue weighted by Gasteiger charge is -2.27. The molecule has 1 aliphatic heterocycles. The van der Waals surface area contributed by atoms with Gasteiger partial charge in [-0.25, -0.2) is 8.42 Å². The number of amides is 1. The lowest BCUT2D eigenvalue weighted by atomic mass is 10.0. The van der Waals surface area contributed by atoms with E-state index in [9.17, 15) is 13.2 Å². The van der Waals surface area contributed by atoms with Gasteiger partial charge in [0.25, 0.3) is 5.91 Å². The predicted molar refractivity (Wildman–Crippen MR) is 137 cm³/mol. The number of benzene rings is 2. The Labute approximate surface area is 202 Å². The summed E-state index contributed by atoms with van der Waals surface area (Å²) >= 11 is 0. The summed E-state index contributed by atoms with van der Waals surface area (Å²) in [6, 6.07) is 14.6. The summed E-state index contributed by atoms with van der Waals surface area (Å²) < 4.78 is 25.7. The van der Waals surface area contributed by atoms with Gasteiger partial charge in [-0.15, -0.1) is 0 Å². The molecular weight excluding hydrogens is 446 g/mol. The summed E-state index contributed by atoms with van der Waals surface area (Å²) in [5.41, 5.74) is 5.52. The zero-order valence-electron chi connectivity index (χ0n) is 20.2. The van der Waals surface area contributed by atoms with Gasteiger partial charge in [-0.2, -0.15) is 0 Å². The minimum Gasteiger partial charge on any atom is -0.345 e. The Morgan fingerprint density at radius 3 is 2.26 bits per heavy atom. The lowest BCUT2D eigenvalue weighted by molar-refractivity contribution is 0.102. The highest BCUT2D eigenvalue weighted by Crippen LogP contribution is 2.31. The fraction of sp³-hybridized carbons (Fsp3) is 0.370. The van der Waals surface area contributed by atoms with E-state index in [1.807, 2.05) is 25.3 Å². The molecular formula is C27H33N3O3S. The zero-order valence-corrected chi connectivity index (χ0v) is 21.0. The first kappa shape index (κ1) is 24.2. The van der Waals surface area contributed by atoms with Crippen LogP contribution >= 0.6 is 0 Å². The van der Waals surface area contributed by atoms with Crippen molar-refractivity contribution >= 4 is 21.4 Å². The van der Waals surface area contributed by atoms with E-state index < -0.39 is 9.84 Å². The van der Waals surface area contributed by atoms with E-state index in [4.69, 9.17) is 0 Å². The summed E-state index contributed by atoms with van der Waals surface area (Å²) in [7, 11) is -3.28. The smallest absolute Gasteiger partial charge is 0.257 e. The van der Waals surface area contributed by atoms with Gasteiger partial charge in [-0.3, -0.25) is 4.79 Å². The number of aryl methyl sites for hydroxylation is 1. The van der Waals surface area contributed by atoms with Gasteiger partial charge in [0, 0.05) is 36.8 Å². The number of nitrogens with zero attached hydrogens (tertiary/aromatic N) is 2. The fourth-order valence-corrected chi connectivity index (χ4v) is 5.31. The second kappa shape index (κ2) is 10.2. The minimum atomic E-state index is -3.28. The molecule has 3 aromatic rings. The molecule has 4 rings (SSSR count). The molecule has 180 valence electrons. The number of hydrogen-bond acceptors (Lipinski definition) is 4. The molecule has 0 radical (unpaired) electrons. The molecule has 6 nitrogen and oxygen atoms in total. The quantitative estimate of drug-likeness (QED) is 0.522. The number of likely N-dealkylation sites (tertiary alicyclic amines) is 1. The second-order valence-corrected chi connectivity index (χ2v) is 11.2. The maximum Gasteiger partial charge on any atom is 0.257 e. The van der Waals surface area contributed by atoms with E-state index in [1.54, 1.807) is 12.1 Å². The normalized spacial score (nSPS) is 14.8. The first-order chi connectivity index (χ1) is 16.2. The SMILES string of the molecule is Cc1ccccc1-c1c(C)c(C(=O)Nc2ccc(S(C)(=O)=O)cc2)cn1CCN1CCCCC1. The van der Waals surface area contributed by atoms with Crippen LogP contribution in [0.4, 0.5) is 5.69 Å². The summed E-state index contributed by atoms with van der Waals surface area (Å²) in [5.74, 6) is -0.198. The number of rotatable bonds is 7. The first-order valence-corrected chi connectivity index (χ1v) is 13.7. The molecule has 2 heterocycles. The van der Waals surface area contributed by atoms with Gasteiger partial charge >= 0.3 is 0 Å². The molecule has 0 saturated carbocycles. The number of sulfone groups is 1. The molecule has 1 aromatic heterocycles. The van der Waals surface area contributed by atoms with Gasteiger partial charge in [0.1, 0.15) is 0 Å². The lowest BCUT2D eigenvalue weighted by Crippen LogP contribution is -2.32. The van der Waals surface area contributed by atoms with E-state index in [1.165, 1.54) is 43.2 Å². The minimum absolute atomic E-state index is 0.198. The Morgan fingerprint density at radius 1 is 0.941 bits per heavy atom. The van der Waals surface area contributed by atoms with Crippen molar-refractivity contribution in [2.24, 2.45) is 0 Å². The summed E-state index contributed by atoms with van der Waals surface area (Å²) in [4.78, 5) is 16.0. The van der Waals surface area contributed by atoms with E-state index in [-0.39, 0.29) is 10.8 Å². The molecule has 0 unspecified atom stereocenters. The zero-order chi connectivity index (χ0) is 24.3. The maximum absolute atomic E-state index is 13.3. The Kier molecular flexibility index (Phi) is 7.24. The van der Waals surface area contributed by atoms with Crippen LogP contribution in [-0.4, -0.2) is 49.7 Å². The number of piperidine rings is 1. The monoisotopic (exact) mass is 479 g/mol. The summed E-state index contributed by atoms with van der Waals surface area (Å²) in [6.45, 7) is 8.15. The average molecular weight is 480 g/mol. The molecule has 34 heavy (non-hydrogen) atoms. The van der Waals surface area contributed by atoms with Crippen LogP contribution in [0.15, 0.2) is 59.6 Å². The van der Waals surface area contributed by atoms with Gasteiger partial charge in [0.15, 0.2) is 9.84 Å². The van der Waals surface area contributed by atoms with Crippen LogP contribution in [0, 0.1) is 13.8 Å². The molecule has 1 fully saturated rings. The van der Waals surface area contributed by atoms with E-state index in [2.05, 4.69) is 33.8 Å².